The van der Waals surface area contributed by atoms with Gasteiger partial charge in [0.25, 0.3) is 0 Å². The smallest absolute Gasteiger partial charge is 0.408 e. The van der Waals surface area contributed by atoms with Crippen molar-refractivity contribution >= 4 is 17.9 Å². The van der Waals surface area contributed by atoms with Gasteiger partial charge in [-0.2, -0.15) is 0 Å². The quantitative estimate of drug-likeness (QED) is 0.383. The fourth-order valence-electron chi connectivity index (χ4n) is 3.58. The average molecular weight is 476 g/mol. The molecule has 1 aromatic rings. The van der Waals surface area contributed by atoms with Gasteiger partial charge in [0.1, 0.15) is 17.7 Å². The molecule has 0 radical (unpaired) electrons. The Morgan fingerprint density at radius 3 is 2.15 bits per heavy atom. The maximum absolute atomic E-state index is 14.0. The van der Waals surface area contributed by atoms with E-state index in [1.54, 1.807) is 25.7 Å². The van der Waals surface area contributed by atoms with Crippen LogP contribution in [0, 0.1) is 5.92 Å². The van der Waals surface area contributed by atoms with Gasteiger partial charge >= 0.3 is 6.09 Å². The summed E-state index contributed by atoms with van der Waals surface area (Å²) in [7, 11) is 0. The van der Waals surface area contributed by atoms with Gasteiger partial charge in [-0.15, -0.1) is 0 Å². The fourth-order valence-corrected chi connectivity index (χ4v) is 3.58. The van der Waals surface area contributed by atoms with Crippen LogP contribution in [0.4, 0.5) is 4.79 Å². The normalized spacial score (nSPS) is 14.0. The Morgan fingerprint density at radius 1 is 1.00 bits per heavy atom. The number of unbranched alkanes of at least 4 members (excludes halogenated alkanes) is 2. The largest absolute Gasteiger partial charge is 0.444 e. The van der Waals surface area contributed by atoms with Crippen molar-refractivity contribution in [3.63, 3.8) is 0 Å². The molecule has 192 valence electrons. The Hall–Kier alpha value is -2.57. The van der Waals surface area contributed by atoms with E-state index in [1.165, 1.54) is 0 Å². The van der Waals surface area contributed by atoms with Gasteiger partial charge in [-0.25, -0.2) is 4.79 Å². The van der Waals surface area contributed by atoms with Crippen molar-refractivity contribution in [2.75, 3.05) is 13.1 Å². The van der Waals surface area contributed by atoms with Crippen molar-refractivity contribution in [2.24, 2.45) is 5.92 Å². The molecule has 3 unspecified atom stereocenters. The molecule has 0 aromatic heterocycles. The first-order valence-electron chi connectivity index (χ1n) is 12.7. The van der Waals surface area contributed by atoms with E-state index < -0.39 is 23.8 Å². The molecule has 0 aliphatic rings. The number of amides is 3. The predicted molar refractivity (Wildman–Crippen MR) is 136 cm³/mol. The number of alkyl carbamates (subject to hydrolysis) is 1. The topological polar surface area (TPSA) is 87.7 Å². The Labute approximate surface area is 206 Å². The number of carbonyl (C=O) groups is 3. The first kappa shape index (κ1) is 29.5. The third kappa shape index (κ3) is 9.74. The molecular formula is C27H45N3O4. The minimum absolute atomic E-state index is 0.135. The van der Waals surface area contributed by atoms with Gasteiger partial charge in [0.2, 0.25) is 11.8 Å². The maximum atomic E-state index is 14.0. The molecule has 0 aliphatic heterocycles. The second kappa shape index (κ2) is 14.6. The van der Waals surface area contributed by atoms with E-state index in [0.29, 0.717) is 19.5 Å². The first-order chi connectivity index (χ1) is 16.1. The molecule has 0 aliphatic carbocycles. The molecule has 0 heterocycles. The lowest BCUT2D eigenvalue weighted by atomic mass is 9.95. The molecular weight excluding hydrogens is 430 g/mol. The van der Waals surface area contributed by atoms with Crippen LogP contribution in [0.2, 0.25) is 0 Å². The van der Waals surface area contributed by atoms with E-state index in [-0.39, 0.29) is 17.7 Å². The van der Waals surface area contributed by atoms with Crippen LogP contribution >= 0.6 is 0 Å². The van der Waals surface area contributed by atoms with Gasteiger partial charge in [-0.3, -0.25) is 9.59 Å². The predicted octanol–water partition coefficient (Wildman–Crippen LogP) is 5.21. The Balaban J connectivity index is 3.37. The molecule has 3 amide bonds. The van der Waals surface area contributed by atoms with Crippen molar-refractivity contribution in [3.05, 3.63) is 35.9 Å². The molecule has 3 atom stereocenters. The van der Waals surface area contributed by atoms with E-state index in [2.05, 4.69) is 17.6 Å². The summed E-state index contributed by atoms with van der Waals surface area (Å²) in [4.78, 5) is 41.6. The van der Waals surface area contributed by atoms with Gasteiger partial charge in [-0.1, -0.05) is 77.3 Å². The summed E-state index contributed by atoms with van der Waals surface area (Å²) in [5.74, 6) is -0.610. The number of carbonyl (C=O) groups excluding carboxylic acids is 3. The minimum Gasteiger partial charge on any atom is -0.444 e. The zero-order chi connectivity index (χ0) is 25.7. The van der Waals surface area contributed by atoms with Gasteiger partial charge in [-0.05, 0) is 45.1 Å². The van der Waals surface area contributed by atoms with Crippen molar-refractivity contribution < 1.29 is 19.1 Å². The third-order valence-corrected chi connectivity index (χ3v) is 5.69. The lowest BCUT2D eigenvalue weighted by Gasteiger charge is -2.36. The van der Waals surface area contributed by atoms with Crippen molar-refractivity contribution in [2.45, 2.75) is 98.3 Å². The highest BCUT2D eigenvalue weighted by molar-refractivity contribution is 5.92. The zero-order valence-corrected chi connectivity index (χ0v) is 22.1. The molecule has 7 heteroatoms. The standard InChI is InChI=1S/C27H45N3O4/c1-8-11-18-28-24(31)23(21-16-14-13-15-17-21)30(19-12-9-2)25(32)22(20(4)10-3)29-26(33)34-27(5,6)7/h13-17,20,22-23H,8-12,18-19H2,1-7H3,(H,28,31)(H,29,33). The number of rotatable bonds is 13. The monoisotopic (exact) mass is 475 g/mol. The van der Waals surface area contributed by atoms with Gasteiger partial charge in [0, 0.05) is 13.1 Å². The third-order valence-electron chi connectivity index (χ3n) is 5.69. The second-order valence-electron chi connectivity index (χ2n) is 9.85. The van der Waals surface area contributed by atoms with Crippen LogP contribution in [0.3, 0.4) is 0 Å². The van der Waals surface area contributed by atoms with Crippen LogP contribution in [0.25, 0.3) is 0 Å². The Bertz CT molecular complexity index is 761. The lowest BCUT2D eigenvalue weighted by molar-refractivity contribution is -0.143. The minimum atomic E-state index is -0.800. The molecule has 0 bridgehead atoms. The Morgan fingerprint density at radius 2 is 1.62 bits per heavy atom. The highest BCUT2D eigenvalue weighted by Crippen LogP contribution is 2.25. The van der Waals surface area contributed by atoms with E-state index in [9.17, 15) is 14.4 Å². The van der Waals surface area contributed by atoms with Gasteiger partial charge in [0.15, 0.2) is 0 Å². The highest BCUT2D eigenvalue weighted by Gasteiger charge is 2.37. The second-order valence-corrected chi connectivity index (χ2v) is 9.85. The van der Waals surface area contributed by atoms with Crippen LogP contribution < -0.4 is 10.6 Å². The maximum Gasteiger partial charge on any atom is 0.408 e. The van der Waals surface area contributed by atoms with Crippen LogP contribution in [-0.4, -0.2) is 47.5 Å². The number of benzene rings is 1. The molecule has 1 rings (SSSR count). The average Bonchev–Trinajstić information content (AvgIpc) is 2.78. The van der Waals surface area contributed by atoms with Gasteiger partial charge < -0.3 is 20.3 Å². The molecule has 0 saturated heterocycles. The van der Waals surface area contributed by atoms with E-state index in [0.717, 1.165) is 31.2 Å². The van der Waals surface area contributed by atoms with E-state index >= 15 is 0 Å². The van der Waals surface area contributed by atoms with Crippen molar-refractivity contribution in [1.82, 2.24) is 15.5 Å². The summed E-state index contributed by atoms with van der Waals surface area (Å²) >= 11 is 0. The van der Waals surface area contributed by atoms with Crippen LogP contribution in [0.15, 0.2) is 30.3 Å². The van der Waals surface area contributed by atoms with Crippen LogP contribution in [0.1, 0.15) is 92.2 Å². The lowest BCUT2D eigenvalue weighted by Crippen LogP contribution is -2.55. The first-order valence-corrected chi connectivity index (χ1v) is 12.7. The number of hydrogen-bond donors (Lipinski definition) is 2. The Kier molecular flexibility index (Phi) is 12.7. The number of nitrogens with one attached hydrogen (secondary N) is 2. The summed E-state index contributed by atoms with van der Waals surface area (Å²) in [5, 5.41) is 5.80. The van der Waals surface area contributed by atoms with Crippen molar-refractivity contribution in [1.29, 1.82) is 0 Å². The number of nitrogens with zero attached hydrogens (tertiary/aromatic N) is 1. The number of ether oxygens (including phenoxy) is 1. The molecule has 34 heavy (non-hydrogen) atoms. The highest BCUT2D eigenvalue weighted by atomic mass is 16.6. The van der Waals surface area contributed by atoms with Crippen LogP contribution in [0.5, 0.6) is 0 Å². The number of hydrogen-bond acceptors (Lipinski definition) is 4. The summed E-state index contributed by atoms with van der Waals surface area (Å²) in [6.07, 6.45) is 3.50. The van der Waals surface area contributed by atoms with Crippen molar-refractivity contribution in [3.8, 4) is 0 Å². The zero-order valence-electron chi connectivity index (χ0n) is 22.1. The molecule has 1 aromatic carbocycles. The molecule has 0 spiro atoms. The summed E-state index contributed by atoms with van der Waals surface area (Å²) in [6, 6.07) is 7.80. The summed E-state index contributed by atoms with van der Waals surface area (Å²) in [5.41, 5.74) is 0.0712. The molecule has 7 nitrogen and oxygen atoms in total. The summed E-state index contributed by atoms with van der Waals surface area (Å²) < 4.78 is 5.43. The van der Waals surface area contributed by atoms with E-state index in [4.69, 9.17) is 4.74 Å². The van der Waals surface area contributed by atoms with Crippen LogP contribution in [-0.2, 0) is 14.3 Å². The molecule has 0 fully saturated rings. The summed E-state index contributed by atoms with van der Waals surface area (Å²) in [6.45, 7) is 14.3. The van der Waals surface area contributed by atoms with E-state index in [1.807, 2.05) is 51.1 Å². The van der Waals surface area contributed by atoms with Gasteiger partial charge in [0.05, 0.1) is 0 Å². The SMILES string of the molecule is CCCCNC(=O)C(c1ccccc1)N(CCCC)C(=O)C(NC(=O)OC(C)(C)C)C(C)CC. The molecule has 0 saturated carbocycles. The fraction of sp³-hybridized carbons (Fsp3) is 0.667. The molecule has 2 N–H and O–H groups in total.